The molecular weight excluding hydrogens is 346 g/mol. The molecule has 3 rings (SSSR count). The number of carboxylic acids is 1. The van der Waals surface area contributed by atoms with Gasteiger partial charge >= 0.3 is 5.97 Å². The number of hydrogen-bond acceptors (Lipinski definition) is 4. The molecule has 4 N–H and O–H groups in total. The molecule has 1 fully saturated rings. The minimum Gasteiger partial charge on any atom is -0.480 e. The van der Waals surface area contributed by atoms with Crippen LogP contribution in [-0.2, 0) is 27.3 Å². The third-order valence-corrected chi connectivity index (χ3v) is 4.36. The molecule has 1 heterocycles. The van der Waals surface area contributed by atoms with Crippen LogP contribution < -0.4 is 16.0 Å². The monoisotopic (exact) mass is 367 g/mol. The highest BCUT2D eigenvalue weighted by Gasteiger charge is 2.48. The molecule has 2 amide bonds. The zero-order valence-electron chi connectivity index (χ0n) is 14.6. The Balaban J connectivity index is 1.64. The third-order valence-electron chi connectivity index (χ3n) is 4.36. The van der Waals surface area contributed by atoms with Gasteiger partial charge < -0.3 is 15.7 Å². The van der Waals surface area contributed by atoms with E-state index in [1.54, 1.807) is 0 Å². The van der Waals surface area contributed by atoms with E-state index in [9.17, 15) is 14.4 Å². The minimum absolute atomic E-state index is 0.316. The van der Waals surface area contributed by atoms with E-state index >= 15 is 0 Å². The van der Waals surface area contributed by atoms with Gasteiger partial charge in [0.25, 0.3) is 0 Å². The van der Waals surface area contributed by atoms with Gasteiger partial charge in [0.1, 0.15) is 18.1 Å². The number of carboxylic acid groups (broad SMARTS) is 1. The van der Waals surface area contributed by atoms with Crippen molar-refractivity contribution >= 4 is 17.8 Å². The fourth-order valence-electron chi connectivity index (χ4n) is 2.81. The van der Waals surface area contributed by atoms with Crippen molar-refractivity contribution in [2.45, 2.75) is 31.1 Å². The molecule has 7 heteroatoms. The third kappa shape index (κ3) is 5.15. The molecule has 2 aromatic carbocycles. The van der Waals surface area contributed by atoms with Gasteiger partial charge in [-0.2, -0.15) is 0 Å². The van der Waals surface area contributed by atoms with Crippen molar-refractivity contribution in [2.75, 3.05) is 0 Å². The lowest BCUT2D eigenvalue weighted by Gasteiger charge is -2.18. The lowest BCUT2D eigenvalue weighted by Crippen LogP contribution is -2.49. The molecule has 0 aliphatic carbocycles. The Hall–Kier alpha value is -3.19. The van der Waals surface area contributed by atoms with Gasteiger partial charge in [-0.15, -0.1) is 0 Å². The van der Waals surface area contributed by atoms with Gasteiger partial charge in [-0.25, -0.2) is 0 Å². The number of amides is 2. The molecule has 0 radical (unpaired) electrons. The SMILES string of the molecule is O=C(NCc1ccccc1)[C@H](Cc1ccccc1)NC(=O)[C@H]1N[C@@H]1C(=O)O. The van der Waals surface area contributed by atoms with Gasteiger partial charge in [-0.3, -0.25) is 19.7 Å². The molecule has 3 atom stereocenters. The summed E-state index contributed by atoms with van der Waals surface area (Å²) < 4.78 is 0. The molecule has 2 aromatic rings. The topological polar surface area (TPSA) is 117 Å². The van der Waals surface area contributed by atoms with E-state index in [-0.39, 0.29) is 5.91 Å². The molecule has 1 aliphatic rings. The molecule has 27 heavy (non-hydrogen) atoms. The molecule has 0 aromatic heterocycles. The minimum atomic E-state index is -1.08. The highest BCUT2D eigenvalue weighted by Crippen LogP contribution is 2.12. The standard InChI is InChI=1S/C20H21N3O4/c24-18(21-12-14-9-5-2-6-10-14)15(11-13-7-3-1-4-8-13)22-19(25)16-17(23-16)20(26)27/h1-10,15-17,23H,11-12H2,(H,21,24)(H,22,25)(H,26,27)/t15-,16-,17-/m0/s1. The Morgan fingerprint density at radius 3 is 2.07 bits per heavy atom. The summed E-state index contributed by atoms with van der Waals surface area (Å²) in [6.07, 6.45) is 0.317. The molecule has 1 aliphatic heterocycles. The van der Waals surface area contributed by atoms with E-state index in [1.165, 1.54) is 0 Å². The van der Waals surface area contributed by atoms with Crippen LogP contribution in [0.25, 0.3) is 0 Å². The Kier molecular flexibility index (Phi) is 5.83. The van der Waals surface area contributed by atoms with Gasteiger partial charge in [0, 0.05) is 13.0 Å². The summed E-state index contributed by atoms with van der Waals surface area (Å²) in [6.45, 7) is 0.347. The Morgan fingerprint density at radius 1 is 0.926 bits per heavy atom. The normalized spacial score (nSPS) is 19.0. The maximum absolute atomic E-state index is 12.7. The van der Waals surface area contributed by atoms with E-state index in [1.807, 2.05) is 60.7 Å². The van der Waals surface area contributed by atoms with Crippen LogP contribution >= 0.6 is 0 Å². The van der Waals surface area contributed by atoms with Crippen LogP contribution in [0.2, 0.25) is 0 Å². The van der Waals surface area contributed by atoms with Crippen LogP contribution in [0.15, 0.2) is 60.7 Å². The smallest absolute Gasteiger partial charge is 0.322 e. The van der Waals surface area contributed by atoms with Crippen LogP contribution in [0.5, 0.6) is 0 Å². The maximum atomic E-state index is 12.7. The fraction of sp³-hybridized carbons (Fsp3) is 0.250. The predicted molar refractivity (Wildman–Crippen MR) is 98.7 cm³/mol. The zero-order valence-corrected chi connectivity index (χ0v) is 14.6. The van der Waals surface area contributed by atoms with Crippen molar-refractivity contribution in [1.29, 1.82) is 0 Å². The molecule has 0 unspecified atom stereocenters. The number of hydrogen-bond donors (Lipinski definition) is 4. The molecule has 0 bridgehead atoms. The fourth-order valence-corrected chi connectivity index (χ4v) is 2.81. The van der Waals surface area contributed by atoms with Gasteiger partial charge in [0.2, 0.25) is 11.8 Å². The number of rotatable bonds is 8. The Bertz CT molecular complexity index is 810. The zero-order chi connectivity index (χ0) is 19.2. The first-order valence-corrected chi connectivity index (χ1v) is 8.69. The molecule has 140 valence electrons. The molecule has 0 saturated carbocycles. The summed E-state index contributed by atoms with van der Waals surface area (Å²) >= 11 is 0. The number of carbonyl (C=O) groups is 3. The van der Waals surface area contributed by atoms with E-state index in [0.717, 1.165) is 11.1 Å². The summed E-state index contributed by atoms with van der Waals surface area (Å²) in [7, 11) is 0. The molecular formula is C20H21N3O4. The number of nitrogens with one attached hydrogen (secondary N) is 3. The largest absolute Gasteiger partial charge is 0.480 e. The average Bonchev–Trinajstić information content (AvgIpc) is 3.48. The van der Waals surface area contributed by atoms with Crippen LogP contribution in [0, 0.1) is 0 Å². The number of benzene rings is 2. The van der Waals surface area contributed by atoms with Gasteiger partial charge in [0.15, 0.2) is 0 Å². The second kappa shape index (κ2) is 8.46. The van der Waals surface area contributed by atoms with E-state index in [0.29, 0.717) is 13.0 Å². The van der Waals surface area contributed by atoms with Crippen LogP contribution in [0.1, 0.15) is 11.1 Å². The first-order valence-electron chi connectivity index (χ1n) is 8.69. The lowest BCUT2D eigenvalue weighted by atomic mass is 10.0. The van der Waals surface area contributed by atoms with Crippen LogP contribution in [0.3, 0.4) is 0 Å². The van der Waals surface area contributed by atoms with Crippen LogP contribution in [0.4, 0.5) is 0 Å². The van der Waals surface area contributed by atoms with Gasteiger partial charge in [-0.1, -0.05) is 60.7 Å². The van der Waals surface area contributed by atoms with Crippen molar-refractivity contribution in [3.8, 4) is 0 Å². The van der Waals surface area contributed by atoms with E-state index < -0.39 is 30.0 Å². The first kappa shape index (κ1) is 18.6. The van der Waals surface area contributed by atoms with Crippen molar-refractivity contribution < 1.29 is 19.5 Å². The summed E-state index contributed by atoms with van der Waals surface area (Å²) in [5, 5.41) is 17.0. The summed E-state index contributed by atoms with van der Waals surface area (Å²) in [4.78, 5) is 35.9. The average molecular weight is 367 g/mol. The van der Waals surface area contributed by atoms with Crippen molar-refractivity contribution in [1.82, 2.24) is 16.0 Å². The Labute approximate surface area is 156 Å². The summed E-state index contributed by atoms with van der Waals surface area (Å²) in [6, 6.07) is 16.3. The number of aliphatic carboxylic acids is 1. The second-order valence-corrected chi connectivity index (χ2v) is 6.41. The summed E-state index contributed by atoms with van der Waals surface area (Å²) in [5.74, 6) is -1.88. The van der Waals surface area contributed by atoms with Crippen LogP contribution in [-0.4, -0.2) is 41.0 Å². The predicted octanol–water partition coefficient (Wildman–Crippen LogP) is 0.455. The van der Waals surface area contributed by atoms with Crippen molar-refractivity contribution in [3.05, 3.63) is 71.8 Å². The quantitative estimate of drug-likeness (QED) is 0.506. The van der Waals surface area contributed by atoms with E-state index in [4.69, 9.17) is 5.11 Å². The van der Waals surface area contributed by atoms with Crippen molar-refractivity contribution in [3.63, 3.8) is 0 Å². The van der Waals surface area contributed by atoms with Gasteiger partial charge in [-0.05, 0) is 11.1 Å². The van der Waals surface area contributed by atoms with Crippen molar-refractivity contribution in [2.24, 2.45) is 0 Å². The second-order valence-electron chi connectivity index (χ2n) is 6.41. The summed E-state index contributed by atoms with van der Waals surface area (Å²) in [5.41, 5.74) is 1.85. The molecule has 1 saturated heterocycles. The lowest BCUT2D eigenvalue weighted by molar-refractivity contribution is -0.137. The van der Waals surface area contributed by atoms with Gasteiger partial charge in [0.05, 0.1) is 0 Å². The van der Waals surface area contributed by atoms with E-state index in [2.05, 4.69) is 16.0 Å². The first-order chi connectivity index (χ1) is 13.0. The Morgan fingerprint density at radius 2 is 1.52 bits per heavy atom. The molecule has 0 spiro atoms. The maximum Gasteiger partial charge on any atom is 0.322 e. The molecule has 7 nitrogen and oxygen atoms in total. The highest BCUT2D eigenvalue weighted by molar-refractivity contribution is 5.97. The highest BCUT2D eigenvalue weighted by atomic mass is 16.4. The number of carbonyl (C=O) groups excluding carboxylic acids is 2.